The lowest BCUT2D eigenvalue weighted by atomic mass is 9.83. The number of hydrogen-bond donors (Lipinski definition) is 1. The van der Waals surface area contributed by atoms with E-state index in [1.54, 1.807) is 0 Å². The van der Waals surface area contributed by atoms with E-state index in [9.17, 15) is 0 Å². The van der Waals surface area contributed by atoms with Crippen LogP contribution in [0.4, 0.5) is 0 Å². The molecule has 0 heterocycles. The quantitative estimate of drug-likeness (QED) is 0.879. The predicted octanol–water partition coefficient (Wildman–Crippen LogP) is 4.34. The molecule has 0 amide bonds. The molecule has 1 heteroatoms. The van der Waals surface area contributed by atoms with E-state index in [2.05, 4.69) is 71.0 Å². The molecule has 2 aromatic carbocycles. The Morgan fingerprint density at radius 2 is 1.45 bits per heavy atom. The molecule has 2 rings (SSSR count). The third-order valence-electron chi connectivity index (χ3n) is 4.35. The van der Waals surface area contributed by atoms with Crippen molar-refractivity contribution >= 4 is 0 Å². The number of nitrogens with two attached hydrogens (primary N) is 1. The zero-order valence-corrected chi connectivity index (χ0v) is 13.2. The molecule has 0 spiro atoms. The van der Waals surface area contributed by atoms with Crippen LogP contribution in [0.25, 0.3) is 0 Å². The van der Waals surface area contributed by atoms with Gasteiger partial charge in [-0.25, -0.2) is 0 Å². The molecule has 0 aliphatic carbocycles. The average molecular weight is 267 g/mol. The van der Waals surface area contributed by atoms with Crippen LogP contribution in [0.2, 0.25) is 0 Å². The summed E-state index contributed by atoms with van der Waals surface area (Å²) in [7, 11) is 0. The molecular formula is C19H25N. The van der Waals surface area contributed by atoms with E-state index in [4.69, 9.17) is 5.73 Å². The molecule has 0 fully saturated rings. The lowest BCUT2D eigenvalue weighted by Crippen LogP contribution is -2.36. The van der Waals surface area contributed by atoms with Gasteiger partial charge in [0.2, 0.25) is 0 Å². The van der Waals surface area contributed by atoms with Gasteiger partial charge in [0.15, 0.2) is 0 Å². The molecule has 0 saturated carbocycles. The molecule has 2 aromatic rings. The van der Waals surface area contributed by atoms with Crippen LogP contribution < -0.4 is 5.73 Å². The monoisotopic (exact) mass is 267 g/mol. The van der Waals surface area contributed by atoms with E-state index in [-0.39, 0.29) is 5.54 Å². The molecule has 0 saturated heterocycles. The van der Waals surface area contributed by atoms with Gasteiger partial charge in [-0.2, -0.15) is 0 Å². The van der Waals surface area contributed by atoms with Gasteiger partial charge >= 0.3 is 0 Å². The van der Waals surface area contributed by atoms with Crippen molar-refractivity contribution in [3.63, 3.8) is 0 Å². The first-order valence-corrected chi connectivity index (χ1v) is 7.23. The fraction of sp³-hybridized carbons (Fsp3) is 0.368. The lowest BCUT2D eigenvalue weighted by Gasteiger charge is -2.28. The first kappa shape index (κ1) is 14.8. The standard InChI is InChI=1S/C19H25N/c1-13-9-10-17(11-16(13)4)19(5,20)12-18-14(2)7-6-8-15(18)3/h6-11H,12,20H2,1-5H3. The Bertz CT molecular complexity index is 603. The van der Waals surface area contributed by atoms with E-state index >= 15 is 0 Å². The van der Waals surface area contributed by atoms with E-state index in [0.717, 1.165) is 6.42 Å². The maximum absolute atomic E-state index is 6.63. The van der Waals surface area contributed by atoms with Crippen LogP contribution >= 0.6 is 0 Å². The van der Waals surface area contributed by atoms with Crippen LogP contribution in [0.3, 0.4) is 0 Å². The van der Waals surface area contributed by atoms with Gasteiger partial charge in [-0.3, -0.25) is 0 Å². The van der Waals surface area contributed by atoms with Crippen molar-refractivity contribution in [2.45, 2.75) is 46.6 Å². The number of rotatable bonds is 3. The van der Waals surface area contributed by atoms with Gasteiger partial charge in [0, 0.05) is 5.54 Å². The number of benzene rings is 2. The molecule has 106 valence electrons. The van der Waals surface area contributed by atoms with Crippen LogP contribution in [0.15, 0.2) is 36.4 Å². The summed E-state index contributed by atoms with van der Waals surface area (Å²) in [4.78, 5) is 0. The predicted molar refractivity (Wildman–Crippen MR) is 87.1 cm³/mol. The van der Waals surface area contributed by atoms with Crippen molar-refractivity contribution in [1.82, 2.24) is 0 Å². The highest BCUT2D eigenvalue weighted by Crippen LogP contribution is 2.27. The summed E-state index contributed by atoms with van der Waals surface area (Å²) < 4.78 is 0. The zero-order valence-electron chi connectivity index (χ0n) is 13.2. The zero-order chi connectivity index (χ0) is 14.9. The van der Waals surface area contributed by atoms with E-state index < -0.39 is 0 Å². The Kier molecular flexibility index (Phi) is 4.01. The second-order valence-electron chi connectivity index (χ2n) is 6.26. The highest BCUT2D eigenvalue weighted by molar-refractivity contribution is 5.39. The fourth-order valence-electron chi connectivity index (χ4n) is 2.69. The van der Waals surface area contributed by atoms with Crippen LogP contribution in [0.1, 0.15) is 40.3 Å². The Balaban J connectivity index is 2.37. The molecule has 20 heavy (non-hydrogen) atoms. The summed E-state index contributed by atoms with van der Waals surface area (Å²) in [6.07, 6.45) is 0.869. The van der Waals surface area contributed by atoms with Gasteiger partial charge in [-0.15, -0.1) is 0 Å². The molecule has 0 radical (unpaired) electrons. The van der Waals surface area contributed by atoms with Crippen molar-refractivity contribution in [2.24, 2.45) is 5.73 Å². The third-order valence-corrected chi connectivity index (χ3v) is 4.35. The van der Waals surface area contributed by atoms with Crippen LogP contribution in [-0.4, -0.2) is 0 Å². The minimum absolute atomic E-state index is 0.338. The van der Waals surface area contributed by atoms with Gasteiger partial charge in [0.25, 0.3) is 0 Å². The normalized spacial score (nSPS) is 14.1. The first-order valence-electron chi connectivity index (χ1n) is 7.23. The van der Waals surface area contributed by atoms with Gasteiger partial charge in [-0.05, 0) is 74.4 Å². The number of aryl methyl sites for hydroxylation is 4. The second kappa shape index (κ2) is 5.41. The lowest BCUT2D eigenvalue weighted by molar-refractivity contribution is 0.488. The summed E-state index contributed by atoms with van der Waals surface area (Å²) >= 11 is 0. The van der Waals surface area contributed by atoms with E-state index in [1.165, 1.54) is 33.4 Å². The Hall–Kier alpha value is -1.60. The second-order valence-corrected chi connectivity index (χ2v) is 6.26. The maximum Gasteiger partial charge on any atom is 0.0422 e. The van der Waals surface area contributed by atoms with E-state index in [0.29, 0.717) is 0 Å². The highest BCUT2D eigenvalue weighted by atomic mass is 14.7. The van der Waals surface area contributed by atoms with Crippen LogP contribution in [0, 0.1) is 27.7 Å². The van der Waals surface area contributed by atoms with E-state index in [1.807, 2.05) is 0 Å². The van der Waals surface area contributed by atoms with Gasteiger partial charge in [0.1, 0.15) is 0 Å². The Morgan fingerprint density at radius 1 is 0.850 bits per heavy atom. The summed E-state index contributed by atoms with van der Waals surface area (Å²) in [5.41, 5.74) is 14.1. The molecule has 0 aliphatic rings. The third kappa shape index (κ3) is 2.94. The van der Waals surface area contributed by atoms with Crippen LogP contribution in [-0.2, 0) is 12.0 Å². The van der Waals surface area contributed by atoms with Crippen molar-refractivity contribution in [3.05, 3.63) is 69.8 Å². The van der Waals surface area contributed by atoms with Gasteiger partial charge in [0.05, 0.1) is 0 Å². The minimum atomic E-state index is -0.338. The smallest absolute Gasteiger partial charge is 0.0422 e. The van der Waals surface area contributed by atoms with Crippen LogP contribution in [0.5, 0.6) is 0 Å². The molecule has 1 unspecified atom stereocenters. The molecule has 2 N–H and O–H groups in total. The molecule has 0 bridgehead atoms. The van der Waals surface area contributed by atoms with Gasteiger partial charge in [-0.1, -0.05) is 36.4 Å². The SMILES string of the molecule is Cc1ccc(C(C)(N)Cc2c(C)cccc2C)cc1C. The highest BCUT2D eigenvalue weighted by Gasteiger charge is 2.23. The molecular weight excluding hydrogens is 242 g/mol. The molecule has 0 aromatic heterocycles. The average Bonchev–Trinajstić information content (AvgIpc) is 2.37. The van der Waals surface area contributed by atoms with Crippen molar-refractivity contribution in [1.29, 1.82) is 0 Å². The first-order chi connectivity index (χ1) is 9.31. The molecule has 1 atom stereocenters. The Morgan fingerprint density at radius 3 is 2.00 bits per heavy atom. The summed E-state index contributed by atoms with van der Waals surface area (Å²) in [6, 6.07) is 13.0. The topological polar surface area (TPSA) is 26.0 Å². The van der Waals surface area contributed by atoms with Crippen molar-refractivity contribution in [3.8, 4) is 0 Å². The molecule has 0 aliphatic heterocycles. The summed E-state index contributed by atoms with van der Waals surface area (Å²) in [5, 5.41) is 0. The molecule has 1 nitrogen and oxygen atoms in total. The summed E-state index contributed by atoms with van der Waals surface area (Å²) in [5.74, 6) is 0. The Labute approximate surface area is 122 Å². The summed E-state index contributed by atoms with van der Waals surface area (Å²) in [6.45, 7) is 10.7. The van der Waals surface area contributed by atoms with Crippen molar-refractivity contribution in [2.75, 3.05) is 0 Å². The van der Waals surface area contributed by atoms with Crippen molar-refractivity contribution < 1.29 is 0 Å². The maximum atomic E-state index is 6.63. The van der Waals surface area contributed by atoms with Gasteiger partial charge < -0.3 is 5.73 Å². The minimum Gasteiger partial charge on any atom is -0.321 e. The fourth-order valence-corrected chi connectivity index (χ4v) is 2.69. The largest absolute Gasteiger partial charge is 0.321 e. The number of hydrogen-bond acceptors (Lipinski definition) is 1.